The molecule has 31 heavy (non-hydrogen) atoms. The molecule has 0 bridgehead atoms. The maximum Gasteiger partial charge on any atom is 0.419 e. The van der Waals surface area contributed by atoms with Crippen LogP contribution in [0.4, 0.5) is 22.6 Å². The molecule has 0 aliphatic rings. The first-order chi connectivity index (χ1) is 14.5. The molecule has 1 N–H and O–H groups in total. The second kappa shape index (κ2) is 9.20. The van der Waals surface area contributed by atoms with Gasteiger partial charge in [-0.2, -0.15) is 13.2 Å². The Hall–Kier alpha value is -1.44. The molecule has 0 amide bonds. The van der Waals surface area contributed by atoms with Crippen LogP contribution in [0.5, 0.6) is 0 Å². The summed E-state index contributed by atoms with van der Waals surface area (Å²) in [5, 5.41) is 11.3. The normalized spacial score (nSPS) is 13.5. The summed E-state index contributed by atoms with van der Waals surface area (Å²) in [7, 11) is -3.94. The van der Waals surface area contributed by atoms with E-state index in [0.717, 1.165) is 26.4 Å². The average Bonchev–Trinajstić information content (AvgIpc) is 3.05. The maximum absolute atomic E-state index is 13.7. The Balaban J connectivity index is 2.19. The summed E-state index contributed by atoms with van der Waals surface area (Å²) in [5.74, 6) is -1.67. The van der Waals surface area contributed by atoms with Crippen molar-refractivity contribution in [1.29, 1.82) is 0 Å². The van der Waals surface area contributed by atoms with Crippen LogP contribution in [0.2, 0.25) is 0 Å². The molecule has 0 spiro atoms. The van der Waals surface area contributed by atoms with Crippen molar-refractivity contribution in [3.05, 3.63) is 65.0 Å². The van der Waals surface area contributed by atoms with E-state index in [1.54, 1.807) is 24.3 Å². The Labute approximate surface area is 194 Å². The number of thiophene rings is 1. The lowest BCUT2D eigenvalue weighted by Crippen LogP contribution is -2.33. The van der Waals surface area contributed by atoms with Crippen LogP contribution in [0.15, 0.2) is 42.5 Å². The molecule has 0 saturated carbocycles. The first-order valence-corrected chi connectivity index (χ1v) is 13.0. The molecular formula is C20H18F4INO3S2. The third-order valence-electron chi connectivity index (χ3n) is 4.59. The first-order valence-electron chi connectivity index (χ1n) is 9.07. The van der Waals surface area contributed by atoms with E-state index in [1.807, 2.05) is 22.6 Å². The highest BCUT2D eigenvalue weighted by Gasteiger charge is 2.35. The van der Waals surface area contributed by atoms with Gasteiger partial charge in [0.05, 0.1) is 24.0 Å². The lowest BCUT2D eigenvalue weighted by atomic mass is 10.1. The molecule has 2 aromatic carbocycles. The van der Waals surface area contributed by atoms with E-state index >= 15 is 0 Å². The zero-order valence-electron chi connectivity index (χ0n) is 16.2. The van der Waals surface area contributed by atoms with Gasteiger partial charge in [0.2, 0.25) is 10.0 Å². The van der Waals surface area contributed by atoms with Crippen LogP contribution in [0.25, 0.3) is 10.1 Å². The first kappa shape index (κ1) is 24.2. The number of halogens is 5. The molecule has 1 heterocycles. The minimum atomic E-state index is -4.91. The monoisotopic (exact) mass is 587 g/mol. The molecule has 1 atom stereocenters. The van der Waals surface area contributed by atoms with Gasteiger partial charge in [-0.25, -0.2) is 12.8 Å². The molecular weight excluding hydrogens is 569 g/mol. The SMILES string of the molecule is CC(O)c1c(N(Cc2ccc(F)c(C(F)(F)F)c2)S(=O)(=O)CCI)sc2ccccc12. The summed E-state index contributed by atoms with van der Waals surface area (Å²) < 4.78 is 81.3. The average molecular weight is 587 g/mol. The van der Waals surface area contributed by atoms with E-state index in [-0.39, 0.29) is 20.7 Å². The Morgan fingerprint density at radius 3 is 2.48 bits per heavy atom. The van der Waals surface area contributed by atoms with Crippen LogP contribution in [-0.4, -0.2) is 23.7 Å². The van der Waals surface area contributed by atoms with Gasteiger partial charge in [0.1, 0.15) is 10.8 Å². The van der Waals surface area contributed by atoms with Crippen molar-refractivity contribution in [2.75, 3.05) is 14.5 Å². The summed E-state index contributed by atoms with van der Waals surface area (Å²) in [5.41, 5.74) is -1.08. The third kappa shape index (κ3) is 5.15. The molecule has 3 aromatic rings. The largest absolute Gasteiger partial charge is 0.419 e. The lowest BCUT2D eigenvalue weighted by molar-refractivity contribution is -0.140. The second-order valence-corrected chi connectivity index (χ2v) is 10.9. The summed E-state index contributed by atoms with van der Waals surface area (Å²) in [6.45, 7) is 1.08. The molecule has 0 radical (unpaired) electrons. The number of nitrogens with zero attached hydrogens (tertiary/aromatic N) is 1. The molecule has 168 valence electrons. The third-order valence-corrected chi connectivity index (χ3v) is 8.89. The Morgan fingerprint density at radius 1 is 1.19 bits per heavy atom. The van der Waals surface area contributed by atoms with E-state index in [4.69, 9.17) is 0 Å². The van der Waals surface area contributed by atoms with Gasteiger partial charge in [0.25, 0.3) is 0 Å². The number of sulfonamides is 1. The smallest absolute Gasteiger partial charge is 0.389 e. The van der Waals surface area contributed by atoms with Crippen LogP contribution < -0.4 is 4.31 Å². The number of aliphatic hydroxyl groups excluding tert-OH is 1. The molecule has 4 nitrogen and oxygen atoms in total. The molecule has 3 rings (SSSR count). The Morgan fingerprint density at radius 2 is 1.87 bits per heavy atom. The molecule has 11 heteroatoms. The number of rotatable bonds is 7. The minimum absolute atomic E-state index is 0.0141. The Kier molecular flexibility index (Phi) is 7.18. The summed E-state index contributed by atoms with van der Waals surface area (Å²) in [6.07, 6.45) is -5.92. The van der Waals surface area contributed by atoms with Crippen LogP contribution in [0.1, 0.15) is 29.7 Å². The van der Waals surface area contributed by atoms with Gasteiger partial charge in [0.15, 0.2) is 0 Å². The highest BCUT2D eigenvalue weighted by Crippen LogP contribution is 2.43. The van der Waals surface area contributed by atoms with Crippen LogP contribution in [-0.2, 0) is 22.7 Å². The van der Waals surface area contributed by atoms with Crippen LogP contribution in [0.3, 0.4) is 0 Å². The number of aliphatic hydroxyl groups is 1. The van der Waals surface area contributed by atoms with Crippen molar-refractivity contribution < 1.29 is 31.1 Å². The van der Waals surface area contributed by atoms with Gasteiger partial charge in [0, 0.05) is 20.1 Å². The zero-order valence-corrected chi connectivity index (χ0v) is 19.9. The highest BCUT2D eigenvalue weighted by atomic mass is 127. The number of alkyl halides is 4. The van der Waals surface area contributed by atoms with Crippen molar-refractivity contribution in [3.8, 4) is 0 Å². The van der Waals surface area contributed by atoms with Gasteiger partial charge in [-0.05, 0) is 30.7 Å². The fourth-order valence-electron chi connectivity index (χ4n) is 3.20. The fraction of sp³-hybridized carbons (Fsp3) is 0.300. The van der Waals surface area contributed by atoms with Crippen molar-refractivity contribution in [2.24, 2.45) is 0 Å². The molecule has 0 aliphatic heterocycles. The van der Waals surface area contributed by atoms with E-state index < -0.39 is 40.2 Å². The van der Waals surface area contributed by atoms with Crippen molar-refractivity contribution in [2.45, 2.75) is 25.7 Å². The minimum Gasteiger partial charge on any atom is -0.389 e. The fourth-order valence-corrected chi connectivity index (χ4v) is 7.63. The van der Waals surface area contributed by atoms with E-state index in [1.165, 1.54) is 6.92 Å². The van der Waals surface area contributed by atoms with Crippen molar-refractivity contribution >= 4 is 59.0 Å². The zero-order chi connectivity index (χ0) is 23.0. The predicted octanol–water partition coefficient (Wildman–Crippen LogP) is 5.88. The Bertz CT molecular complexity index is 1190. The molecule has 1 aromatic heterocycles. The topological polar surface area (TPSA) is 57.6 Å². The molecule has 0 saturated heterocycles. The van der Waals surface area contributed by atoms with E-state index in [0.29, 0.717) is 23.1 Å². The number of benzene rings is 2. The number of hydrogen-bond acceptors (Lipinski definition) is 4. The summed E-state index contributed by atoms with van der Waals surface area (Å²) >= 11 is 3.04. The van der Waals surface area contributed by atoms with Crippen LogP contribution in [0, 0.1) is 5.82 Å². The predicted molar refractivity (Wildman–Crippen MR) is 123 cm³/mol. The van der Waals surface area contributed by atoms with Crippen molar-refractivity contribution in [1.82, 2.24) is 0 Å². The standard InChI is InChI=1S/C20H18F4INO3S2/c1-12(27)18-14-4-2-3-5-17(14)30-19(18)26(31(28,29)9-8-25)11-13-6-7-16(21)15(10-13)20(22,23)24/h2-7,10,12,27H,8-9,11H2,1H3. The number of anilines is 1. The van der Waals surface area contributed by atoms with Gasteiger partial charge < -0.3 is 5.11 Å². The quantitative estimate of drug-likeness (QED) is 0.213. The lowest BCUT2D eigenvalue weighted by Gasteiger charge is -2.25. The molecule has 0 aliphatic carbocycles. The molecule has 1 unspecified atom stereocenters. The van der Waals surface area contributed by atoms with Crippen molar-refractivity contribution in [3.63, 3.8) is 0 Å². The second-order valence-electron chi connectivity index (χ2n) is 6.82. The molecule has 0 fully saturated rings. The summed E-state index contributed by atoms with van der Waals surface area (Å²) in [4.78, 5) is 0. The van der Waals surface area contributed by atoms with E-state index in [9.17, 15) is 31.1 Å². The van der Waals surface area contributed by atoms with Gasteiger partial charge in [-0.1, -0.05) is 46.9 Å². The van der Waals surface area contributed by atoms with Crippen LogP contribution >= 0.6 is 33.9 Å². The number of fused-ring (bicyclic) bond motifs is 1. The van der Waals surface area contributed by atoms with E-state index in [2.05, 4.69) is 0 Å². The summed E-state index contributed by atoms with van der Waals surface area (Å²) in [6, 6.07) is 9.49. The van der Waals surface area contributed by atoms with Gasteiger partial charge >= 0.3 is 6.18 Å². The van der Waals surface area contributed by atoms with Gasteiger partial charge in [-0.15, -0.1) is 11.3 Å². The van der Waals surface area contributed by atoms with Gasteiger partial charge in [-0.3, -0.25) is 4.31 Å². The highest BCUT2D eigenvalue weighted by molar-refractivity contribution is 14.1. The number of hydrogen-bond donors (Lipinski definition) is 1. The maximum atomic E-state index is 13.7.